The summed E-state index contributed by atoms with van der Waals surface area (Å²) in [7, 11) is 1.90. The van der Waals surface area contributed by atoms with Gasteiger partial charge in [0.15, 0.2) is 0 Å². The lowest BCUT2D eigenvalue weighted by atomic mass is 9.75. The van der Waals surface area contributed by atoms with Gasteiger partial charge in [0.25, 0.3) is 0 Å². The van der Waals surface area contributed by atoms with Gasteiger partial charge in [-0.15, -0.1) is 5.10 Å². The zero-order valence-electron chi connectivity index (χ0n) is 15.6. The molecule has 1 aromatic rings. The number of carbonyl (C=O) groups is 2. The molecular weight excluding hydrogens is 334 g/mol. The Morgan fingerprint density at radius 1 is 1.31 bits per heavy atom. The number of nitrogens with one attached hydrogen (secondary N) is 3. The molecule has 26 heavy (non-hydrogen) atoms. The maximum Gasteiger partial charge on any atom is 0.224 e. The molecule has 9 heteroatoms. The predicted octanol–water partition coefficient (Wildman–Crippen LogP) is -1.04. The van der Waals surface area contributed by atoms with Crippen LogP contribution in [0.1, 0.15) is 25.5 Å². The molecule has 1 aromatic heterocycles. The highest BCUT2D eigenvalue weighted by Crippen LogP contribution is 2.36. The van der Waals surface area contributed by atoms with Crippen LogP contribution in [0.4, 0.5) is 0 Å². The summed E-state index contributed by atoms with van der Waals surface area (Å²) in [6, 6.07) is 0.418. The maximum absolute atomic E-state index is 12.5. The second-order valence-electron chi connectivity index (χ2n) is 7.28. The predicted molar refractivity (Wildman–Crippen MR) is 96.1 cm³/mol. The summed E-state index contributed by atoms with van der Waals surface area (Å²) in [5, 5.41) is 17.1. The lowest BCUT2D eigenvalue weighted by molar-refractivity contribution is -0.133. The van der Waals surface area contributed by atoms with E-state index in [1.54, 1.807) is 0 Å². The highest BCUT2D eigenvalue weighted by atomic mass is 16.2. The Bertz CT molecular complexity index is 632. The van der Waals surface area contributed by atoms with E-state index in [2.05, 4.69) is 31.2 Å². The first-order valence-corrected chi connectivity index (χ1v) is 9.36. The van der Waals surface area contributed by atoms with Crippen LogP contribution in [0.5, 0.6) is 0 Å². The quantitative estimate of drug-likeness (QED) is 0.510. The molecule has 4 heterocycles. The monoisotopic (exact) mass is 363 g/mol. The molecule has 3 fully saturated rings. The van der Waals surface area contributed by atoms with Gasteiger partial charge < -0.3 is 16.0 Å². The van der Waals surface area contributed by atoms with Crippen LogP contribution in [0.2, 0.25) is 0 Å². The van der Waals surface area contributed by atoms with Crippen molar-refractivity contribution in [3.05, 3.63) is 11.9 Å². The zero-order valence-corrected chi connectivity index (χ0v) is 15.6. The van der Waals surface area contributed by atoms with Crippen LogP contribution >= 0.6 is 0 Å². The minimum Gasteiger partial charge on any atom is -0.355 e. The summed E-state index contributed by atoms with van der Waals surface area (Å²) in [5.41, 5.74) is 0.944. The van der Waals surface area contributed by atoms with Crippen LogP contribution in [0.15, 0.2) is 6.20 Å². The van der Waals surface area contributed by atoms with E-state index in [9.17, 15) is 9.59 Å². The molecule has 0 saturated carbocycles. The summed E-state index contributed by atoms with van der Waals surface area (Å²) < 4.78 is 1.92. The molecule has 0 spiro atoms. The number of amides is 2. The van der Waals surface area contributed by atoms with Gasteiger partial charge in [-0.3, -0.25) is 19.2 Å². The second kappa shape index (κ2) is 8.59. The average Bonchev–Trinajstić information content (AvgIpc) is 3.06. The average molecular weight is 363 g/mol. The number of hydrogen-bond donors (Lipinski definition) is 3. The Hall–Kier alpha value is -2.00. The van der Waals surface area contributed by atoms with E-state index in [4.69, 9.17) is 0 Å². The smallest absolute Gasteiger partial charge is 0.224 e. The number of piperidine rings is 3. The van der Waals surface area contributed by atoms with Gasteiger partial charge in [0.05, 0.1) is 18.2 Å². The molecule has 0 aromatic carbocycles. The van der Waals surface area contributed by atoms with E-state index >= 15 is 0 Å². The molecule has 3 aliphatic heterocycles. The standard InChI is InChI=1S/C17H29N7O2/c1-12(25)19-4-5-20-17(26)16-11-23-6-3-13(16)7-15(23)10-24-9-14(8-18-2)21-22-24/h9,13,15-16,18H,3-8,10-11H2,1-2H3,(H,19,25)(H,20,26)/t13?,15-,16+/m1/s1. The van der Waals surface area contributed by atoms with Crippen molar-refractivity contribution in [3.8, 4) is 0 Å². The fraction of sp³-hybridized carbons (Fsp3) is 0.765. The number of hydrogen-bond acceptors (Lipinski definition) is 6. The lowest BCUT2D eigenvalue weighted by Gasteiger charge is -2.49. The largest absolute Gasteiger partial charge is 0.355 e. The molecule has 0 aliphatic carbocycles. The van der Waals surface area contributed by atoms with Crippen molar-refractivity contribution in [3.63, 3.8) is 0 Å². The van der Waals surface area contributed by atoms with E-state index < -0.39 is 0 Å². The van der Waals surface area contributed by atoms with Crippen molar-refractivity contribution < 1.29 is 9.59 Å². The van der Waals surface area contributed by atoms with Crippen molar-refractivity contribution in [1.29, 1.82) is 0 Å². The lowest BCUT2D eigenvalue weighted by Crippen LogP contribution is -2.58. The maximum atomic E-state index is 12.5. The first-order chi connectivity index (χ1) is 12.6. The molecule has 2 unspecified atom stereocenters. The number of carbonyl (C=O) groups excluding carboxylic acids is 2. The van der Waals surface area contributed by atoms with Gasteiger partial charge in [0.2, 0.25) is 11.8 Å². The molecule has 4 atom stereocenters. The summed E-state index contributed by atoms with van der Waals surface area (Å²) in [5.74, 6) is 0.510. The van der Waals surface area contributed by atoms with Crippen molar-refractivity contribution in [2.75, 3.05) is 33.2 Å². The number of rotatable bonds is 8. The van der Waals surface area contributed by atoms with Crippen molar-refractivity contribution in [1.82, 2.24) is 35.8 Å². The third-order valence-electron chi connectivity index (χ3n) is 5.36. The molecular formula is C17H29N7O2. The van der Waals surface area contributed by atoms with Crippen molar-refractivity contribution >= 4 is 11.8 Å². The van der Waals surface area contributed by atoms with Crippen LogP contribution in [-0.4, -0.2) is 71.0 Å². The normalized spacial score (nSPS) is 27.3. The molecule has 3 saturated heterocycles. The van der Waals surface area contributed by atoms with Crippen LogP contribution < -0.4 is 16.0 Å². The summed E-state index contributed by atoms with van der Waals surface area (Å²) >= 11 is 0. The van der Waals surface area contributed by atoms with Crippen LogP contribution in [0, 0.1) is 11.8 Å². The molecule has 2 amide bonds. The molecule has 4 rings (SSSR count). The summed E-state index contributed by atoms with van der Waals surface area (Å²) in [4.78, 5) is 25.8. The third kappa shape index (κ3) is 4.59. The fourth-order valence-electron chi connectivity index (χ4n) is 4.09. The number of aromatic nitrogens is 3. The van der Waals surface area contributed by atoms with Crippen LogP contribution in [0.3, 0.4) is 0 Å². The minimum absolute atomic E-state index is 0.0490. The van der Waals surface area contributed by atoms with E-state index in [-0.39, 0.29) is 17.7 Å². The molecule has 9 nitrogen and oxygen atoms in total. The Balaban J connectivity index is 1.49. The van der Waals surface area contributed by atoms with E-state index in [0.717, 1.165) is 44.7 Å². The first kappa shape index (κ1) is 18.8. The van der Waals surface area contributed by atoms with Crippen LogP contribution in [0.25, 0.3) is 0 Å². The Morgan fingerprint density at radius 3 is 2.81 bits per heavy atom. The van der Waals surface area contributed by atoms with Gasteiger partial charge >= 0.3 is 0 Å². The SMILES string of the molecule is CNCc1cn(C[C@H]2CC3CCN2C[C@@H]3C(=O)NCCNC(C)=O)nn1. The second-order valence-corrected chi connectivity index (χ2v) is 7.28. The molecule has 144 valence electrons. The summed E-state index contributed by atoms with van der Waals surface area (Å²) in [6.07, 6.45) is 4.08. The zero-order chi connectivity index (χ0) is 18.5. The highest BCUT2D eigenvalue weighted by molar-refractivity contribution is 5.79. The first-order valence-electron chi connectivity index (χ1n) is 9.36. The van der Waals surface area contributed by atoms with Gasteiger partial charge in [0, 0.05) is 45.3 Å². The number of nitrogens with zero attached hydrogens (tertiary/aromatic N) is 4. The highest BCUT2D eigenvalue weighted by Gasteiger charge is 2.43. The summed E-state index contributed by atoms with van der Waals surface area (Å²) in [6.45, 7) is 5.83. The van der Waals surface area contributed by atoms with Gasteiger partial charge in [0.1, 0.15) is 0 Å². The molecule has 3 aliphatic rings. The van der Waals surface area contributed by atoms with E-state index in [1.807, 2.05) is 17.9 Å². The van der Waals surface area contributed by atoms with E-state index in [1.165, 1.54) is 6.92 Å². The Labute approximate surface area is 153 Å². The van der Waals surface area contributed by atoms with Gasteiger partial charge in [-0.25, -0.2) is 0 Å². The molecule has 0 radical (unpaired) electrons. The Kier molecular flexibility index (Phi) is 6.20. The van der Waals surface area contributed by atoms with Crippen LogP contribution in [-0.2, 0) is 22.7 Å². The van der Waals surface area contributed by atoms with E-state index in [0.29, 0.717) is 25.0 Å². The Morgan fingerprint density at radius 2 is 2.12 bits per heavy atom. The molecule has 2 bridgehead atoms. The minimum atomic E-state index is -0.0732. The van der Waals surface area contributed by atoms with Gasteiger partial charge in [-0.1, -0.05) is 5.21 Å². The van der Waals surface area contributed by atoms with Gasteiger partial charge in [-0.05, 0) is 32.4 Å². The topological polar surface area (TPSA) is 104 Å². The third-order valence-corrected chi connectivity index (χ3v) is 5.36. The van der Waals surface area contributed by atoms with Crippen molar-refractivity contribution in [2.45, 2.75) is 38.9 Å². The van der Waals surface area contributed by atoms with Gasteiger partial charge in [-0.2, -0.15) is 0 Å². The molecule has 3 N–H and O–H groups in total. The number of fused-ring (bicyclic) bond motifs is 3. The fourth-order valence-corrected chi connectivity index (χ4v) is 4.09. The van der Waals surface area contributed by atoms with Crippen molar-refractivity contribution in [2.24, 2.45) is 11.8 Å².